The average molecular weight is 338 g/mol. The SMILES string of the molecule is CC(C)(C)NS(=O)(=O)c1cccc(NC(=O)CC2CCCC2)c1. The first kappa shape index (κ1) is 17.9. The lowest BCUT2D eigenvalue weighted by Gasteiger charge is -2.20. The Labute approximate surface area is 138 Å². The van der Waals surface area contributed by atoms with Crippen LogP contribution >= 0.6 is 0 Å². The molecule has 0 radical (unpaired) electrons. The van der Waals surface area contributed by atoms with Crippen LogP contribution in [0.5, 0.6) is 0 Å². The van der Waals surface area contributed by atoms with E-state index in [4.69, 9.17) is 0 Å². The van der Waals surface area contributed by atoms with Crippen LogP contribution in [0.2, 0.25) is 0 Å². The highest BCUT2D eigenvalue weighted by molar-refractivity contribution is 7.89. The second-order valence-electron chi connectivity index (χ2n) is 7.29. The predicted molar refractivity (Wildman–Crippen MR) is 91.7 cm³/mol. The van der Waals surface area contributed by atoms with Gasteiger partial charge in [-0.15, -0.1) is 0 Å². The van der Waals surface area contributed by atoms with E-state index >= 15 is 0 Å². The fourth-order valence-corrected chi connectivity index (χ4v) is 4.36. The summed E-state index contributed by atoms with van der Waals surface area (Å²) in [4.78, 5) is 12.2. The van der Waals surface area contributed by atoms with E-state index < -0.39 is 15.6 Å². The van der Waals surface area contributed by atoms with Gasteiger partial charge < -0.3 is 5.32 Å². The van der Waals surface area contributed by atoms with Crippen molar-refractivity contribution in [2.75, 3.05) is 5.32 Å². The number of benzene rings is 1. The molecule has 2 rings (SSSR count). The van der Waals surface area contributed by atoms with Gasteiger partial charge in [-0.1, -0.05) is 18.9 Å². The first-order valence-corrected chi connectivity index (χ1v) is 9.58. The van der Waals surface area contributed by atoms with Crippen LogP contribution in [0.25, 0.3) is 0 Å². The standard InChI is InChI=1S/C17H26N2O3S/c1-17(2,3)19-23(21,22)15-10-6-9-14(12-15)18-16(20)11-13-7-4-5-8-13/h6,9-10,12-13,19H,4-5,7-8,11H2,1-3H3,(H,18,20). The van der Waals surface area contributed by atoms with Crippen LogP contribution in [0.15, 0.2) is 29.2 Å². The van der Waals surface area contributed by atoms with E-state index in [1.165, 1.54) is 25.0 Å². The van der Waals surface area contributed by atoms with Gasteiger partial charge in [-0.2, -0.15) is 0 Å². The normalized spacial score (nSPS) is 16.5. The molecule has 1 aromatic carbocycles. The summed E-state index contributed by atoms with van der Waals surface area (Å²) in [6, 6.07) is 6.38. The third kappa shape index (κ3) is 5.62. The Hall–Kier alpha value is -1.40. The van der Waals surface area contributed by atoms with Crippen LogP contribution in [0, 0.1) is 5.92 Å². The average Bonchev–Trinajstić information content (AvgIpc) is 2.89. The summed E-state index contributed by atoms with van der Waals surface area (Å²) in [6.45, 7) is 5.37. The molecule has 128 valence electrons. The molecule has 6 heteroatoms. The van der Waals surface area contributed by atoms with Gasteiger partial charge in [0.15, 0.2) is 0 Å². The Morgan fingerprint density at radius 2 is 1.87 bits per heavy atom. The molecule has 0 aliphatic heterocycles. The molecular weight excluding hydrogens is 312 g/mol. The maximum Gasteiger partial charge on any atom is 0.241 e. The number of anilines is 1. The second-order valence-corrected chi connectivity index (χ2v) is 8.97. The molecule has 1 aliphatic carbocycles. The molecule has 1 amide bonds. The molecular formula is C17H26N2O3S. The van der Waals surface area contributed by atoms with Crippen LogP contribution in [-0.4, -0.2) is 19.9 Å². The van der Waals surface area contributed by atoms with Crippen molar-refractivity contribution in [3.8, 4) is 0 Å². The van der Waals surface area contributed by atoms with Crippen LogP contribution in [0.1, 0.15) is 52.9 Å². The van der Waals surface area contributed by atoms with E-state index in [2.05, 4.69) is 10.0 Å². The molecule has 2 N–H and O–H groups in total. The van der Waals surface area contributed by atoms with Crippen LogP contribution in [0.4, 0.5) is 5.69 Å². The van der Waals surface area contributed by atoms with Crippen LogP contribution in [-0.2, 0) is 14.8 Å². The summed E-state index contributed by atoms with van der Waals surface area (Å²) in [7, 11) is -3.60. The summed E-state index contributed by atoms with van der Waals surface area (Å²) < 4.78 is 27.3. The minimum absolute atomic E-state index is 0.0461. The highest BCUT2D eigenvalue weighted by Gasteiger charge is 2.23. The van der Waals surface area contributed by atoms with Crippen molar-refractivity contribution in [2.45, 2.75) is 63.3 Å². The molecule has 0 saturated heterocycles. The van der Waals surface area contributed by atoms with Gasteiger partial charge in [-0.25, -0.2) is 13.1 Å². The Morgan fingerprint density at radius 3 is 2.48 bits per heavy atom. The van der Waals surface area contributed by atoms with E-state index in [0.29, 0.717) is 18.0 Å². The van der Waals surface area contributed by atoms with Crippen molar-refractivity contribution in [1.29, 1.82) is 0 Å². The maximum absolute atomic E-state index is 12.3. The number of rotatable bonds is 5. The quantitative estimate of drug-likeness (QED) is 0.865. The highest BCUT2D eigenvalue weighted by atomic mass is 32.2. The third-order valence-electron chi connectivity index (χ3n) is 3.82. The molecule has 5 nitrogen and oxygen atoms in total. The molecule has 1 aromatic rings. The van der Waals surface area contributed by atoms with E-state index in [1.807, 2.05) is 0 Å². The smallest absolute Gasteiger partial charge is 0.241 e. The van der Waals surface area contributed by atoms with Gasteiger partial charge in [0, 0.05) is 17.6 Å². The number of sulfonamides is 1. The molecule has 0 unspecified atom stereocenters. The largest absolute Gasteiger partial charge is 0.326 e. The minimum Gasteiger partial charge on any atom is -0.326 e. The number of amides is 1. The van der Waals surface area contributed by atoms with Gasteiger partial charge in [0.1, 0.15) is 0 Å². The fourth-order valence-electron chi connectivity index (χ4n) is 2.89. The maximum atomic E-state index is 12.3. The first-order chi connectivity index (χ1) is 10.7. The zero-order valence-corrected chi connectivity index (χ0v) is 14.9. The van der Waals surface area contributed by atoms with Crippen molar-refractivity contribution in [1.82, 2.24) is 4.72 Å². The summed E-state index contributed by atoms with van der Waals surface area (Å²) in [5.74, 6) is 0.416. The second kappa shape index (κ2) is 7.01. The van der Waals surface area contributed by atoms with Crippen LogP contribution in [0.3, 0.4) is 0 Å². The summed E-state index contributed by atoms with van der Waals surface area (Å²) in [5, 5.41) is 2.81. The Balaban J connectivity index is 2.05. The molecule has 0 atom stereocenters. The van der Waals surface area contributed by atoms with Crippen molar-refractivity contribution < 1.29 is 13.2 Å². The van der Waals surface area contributed by atoms with E-state index in [9.17, 15) is 13.2 Å². The lowest BCUT2D eigenvalue weighted by Crippen LogP contribution is -2.40. The number of carbonyl (C=O) groups excluding carboxylic acids is 1. The number of hydrogen-bond donors (Lipinski definition) is 2. The Kier molecular flexibility index (Phi) is 5.47. The zero-order chi connectivity index (χ0) is 17.1. The number of carbonyl (C=O) groups is 1. The van der Waals surface area contributed by atoms with Gasteiger partial charge >= 0.3 is 0 Å². The van der Waals surface area contributed by atoms with Gasteiger partial charge in [0.25, 0.3) is 0 Å². The Morgan fingerprint density at radius 1 is 1.22 bits per heavy atom. The molecule has 0 bridgehead atoms. The van der Waals surface area contributed by atoms with Crippen molar-refractivity contribution in [2.24, 2.45) is 5.92 Å². The lowest BCUT2D eigenvalue weighted by molar-refractivity contribution is -0.117. The fraction of sp³-hybridized carbons (Fsp3) is 0.588. The molecule has 1 saturated carbocycles. The van der Waals surface area contributed by atoms with E-state index in [-0.39, 0.29) is 10.8 Å². The van der Waals surface area contributed by atoms with Gasteiger partial charge in [-0.3, -0.25) is 4.79 Å². The van der Waals surface area contributed by atoms with E-state index in [0.717, 1.165) is 12.8 Å². The molecule has 0 aromatic heterocycles. The summed E-state index contributed by atoms with van der Waals surface area (Å²) in [5.41, 5.74) is -0.0367. The first-order valence-electron chi connectivity index (χ1n) is 8.10. The van der Waals surface area contributed by atoms with Crippen molar-refractivity contribution in [3.05, 3.63) is 24.3 Å². The molecule has 0 spiro atoms. The number of hydrogen-bond acceptors (Lipinski definition) is 3. The molecule has 1 aliphatic rings. The number of nitrogens with one attached hydrogen (secondary N) is 2. The summed E-state index contributed by atoms with van der Waals surface area (Å²) in [6.07, 6.45) is 5.13. The van der Waals surface area contributed by atoms with Crippen molar-refractivity contribution in [3.63, 3.8) is 0 Å². The highest BCUT2D eigenvalue weighted by Crippen LogP contribution is 2.28. The molecule has 23 heavy (non-hydrogen) atoms. The zero-order valence-electron chi connectivity index (χ0n) is 14.1. The van der Waals surface area contributed by atoms with Gasteiger partial charge in [0.05, 0.1) is 4.90 Å². The summed E-state index contributed by atoms with van der Waals surface area (Å²) >= 11 is 0. The molecule has 0 heterocycles. The van der Waals surface area contributed by atoms with Gasteiger partial charge in [0.2, 0.25) is 15.9 Å². The topological polar surface area (TPSA) is 75.3 Å². The third-order valence-corrected chi connectivity index (χ3v) is 5.57. The predicted octanol–water partition coefficient (Wildman–Crippen LogP) is 3.28. The monoisotopic (exact) mass is 338 g/mol. The minimum atomic E-state index is -3.60. The lowest BCUT2D eigenvalue weighted by atomic mass is 10.0. The van der Waals surface area contributed by atoms with E-state index in [1.54, 1.807) is 32.9 Å². The van der Waals surface area contributed by atoms with Crippen LogP contribution < -0.4 is 10.0 Å². The van der Waals surface area contributed by atoms with Gasteiger partial charge in [-0.05, 0) is 57.7 Å². The Bertz CT molecular complexity index is 657. The molecule has 1 fully saturated rings. The van der Waals surface area contributed by atoms with Crippen molar-refractivity contribution >= 4 is 21.6 Å².